The van der Waals surface area contributed by atoms with Crippen LogP contribution in [0.25, 0.3) is 0 Å². The Bertz CT molecular complexity index is 346. The van der Waals surface area contributed by atoms with E-state index in [4.69, 9.17) is 16.3 Å². The van der Waals surface area contributed by atoms with Crippen LogP contribution in [0.1, 0.15) is 12.5 Å². The molecule has 0 saturated heterocycles. The largest absolute Gasteiger partial charge is 0.383 e. The molecule has 1 unspecified atom stereocenters. The van der Waals surface area contributed by atoms with Crippen molar-refractivity contribution in [3.05, 3.63) is 33.3 Å². The van der Waals surface area contributed by atoms with Crippen molar-refractivity contribution in [2.24, 2.45) is 5.92 Å². The van der Waals surface area contributed by atoms with Gasteiger partial charge in [0.2, 0.25) is 0 Å². The molecule has 0 spiro atoms. The molecule has 0 saturated carbocycles. The third-order valence-electron chi connectivity index (χ3n) is 2.56. The fraction of sp³-hybridized carbons (Fsp3) is 0.538. The van der Waals surface area contributed by atoms with E-state index in [1.165, 1.54) is 5.56 Å². The van der Waals surface area contributed by atoms with Crippen LogP contribution < -0.4 is 5.32 Å². The molecule has 0 aliphatic heterocycles. The maximum Gasteiger partial charge on any atom is 0.0587 e. The topological polar surface area (TPSA) is 21.3 Å². The van der Waals surface area contributed by atoms with E-state index in [0.717, 1.165) is 35.6 Å². The van der Waals surface area contributed by atoms with Gasteiger partial charge in [0.1, 0.15) is 0 Å². The number of ether oxygens (including phenoxy) is 1. The summed E-state index contributed by atoms with van der Waals surface area (Å²) in [4.78, 5) is 0. The second-order valence-corrected chi connectivity index (χ2v) is 5.56. The zero-order valence-corrected chi connectivity index (χ0v) is 12.6. The summed E-state index contributed by atoms with van der Waals surface area (Å²) in [6.07, 6.45) is 0.992. The SMILES string of the molecule is COCCNCC(C)Cc1ccc(Br)cc1Cl. The Hall–Kier alpha value is -0.0900. The molecular formula is C13H19BrClNO. The minimum atomic E-state index is 0.561. The van der Waals surface area contributed by atoms with Crippen molar-refractivity contribution >= 4 is 27.5 Å². The normalized spacial score (nSPS) is 12.7. The molecule has 0 heterocycles. The van der Waals surface area contributed by atoms with E-state index in [-0.39, 0.29) is 0 Å². The fourth-order valence-corrected chi connectivity index (χ4v) is 2.41. The van der Waals surface area contributed by atoms with Crippen LogP contribution in [-0.2, 0) is 11.2 Å². The van der Waals surface area contributed by atoms with Gasteiger partial charge in [-0.1, -0.05) is 40.5 Å². The third-order valence-corrected chi connectivity index (χ3v) is 3.40. The maximum atomic E-state index is 6.19. The van der Waals surface area contributed by atoms with Crippen molar-refractivity contribution < 1.29 is 4.74 Å². The van der Waals surface area contributed by atoms with Gasteiger partial charge in [-0.2, -0.15) is 0 Å². The second kappa shape index (κ2) is 8.09. The van der Waals surface area contributed by atoms with Crippen LogP contribution in [0.5, 0.6) is 0 Å². The number of halogens is 2. The smallest absolute Gasteiger partial charge is 0.0587 e. The van der Waals surface area contributed by atoms with Gasteiger partial charge in [-0.05, 0) is 36.6 Å². The quantitative estimate of drug-likeness (QED) is 0.776. The lowest BCUT2D eigenvalue weighted by Crippen LogP contribution is -2.25. The van der Waals surface area contributed by atoms with Gasteiger partial charge < -0.3 is 10.1 Å². The van der Waals surface area contributed by atoms with Gasteiger partial charge in [0.15, 0.2) is 0 Å². The molecule has 1 aromatic carbocycles. The molecule has 0 aliphatic carbocycles. The predicted octanol–water partition coefficient (Wildman–Crippen LogP) is 3.52. The predicted molar refractivity (Wildman–Crippen MR) is 76.8 cm³/mol. The Labute approximate surface area is 117 Å². The van der Waals surface area contributed by atoms with Crippen molar-refractivity contribution in [3.63, 3.8) is 0 Å². The first-order chi connectivity index (χ1) is 8.13. The van der Waals surface area contributed by atoms with Gasteiger partial charge in [0.05, 0.1) is 6.61 Å². The highest BCUT2D eigenvalue weighted by molar-refractivity contribution is 9.10. The van der Waals surface area contributed by atoms with Crippen LogP contribution in [0, 0.1) is 5.92 Å². The minimum Gasteiger partial charge on any atom is -0.383 e. The van der Waals surface area contributed by atoms with Crippen LogP contribution in [0.15, 0.2) is 22.7 Å². The molecule has 96 valence electrons. The molecule has 0 fully saturated rings. The van der Waals surface area contributed by atoms with E-state index in [9.17, 15) is 0 Å². The summed E-state index contributed by atoms with van der Waals surface area (Å²) in [5.74, 6) is 0.561. The van der Waals surface area contributed by atoms with E-state index in [0.29, 0.717) is 5.92 Å². The standard InChI is InChI=1S/C13H19BrClNO/c1-10(9-16-5-6-17-2)7-11-3-4-12(14)8-13(11)15/h3-4,8,10,16H,5-7,9H2,1-2H3. The van der Waals surface area contributed by atoms with Crippen molar-refractivity contribution in [2.75, 3.05) is 26.8 Å². The van der Waals surface area contributed by atoms with Crippen molar-refractivity contribution in [1.82, 2.24) is 5.32 Å². The second-order valence-electron chi connectivity index (χ2n) is 4.24. The third kappa shape index (κ3) is 5.87. The number of nitrogens with one attached hydrogen (secondary N) is 1. The molecule has 0 aromatic heterocycles. The summed E-state index contributed by atoms with van der Waals surface area (Å²) in [5.41, 5.74) is 1.20. The van der Waals surface area contributed by atoms with Crippen LogP contribution in [0.2, 0.25) is 5.02 Å². The number of benzene rings is 1. The number of methoxy groups -OCH3 is 1. The van der Waals surface area contributed by atoms with Crippen molar-refractivity contribution in [3.8, 4) is 0 Å². The van der Waals surface area contributed by atoms with Gasteiger partial charge >= 0.3 is 0 Å². The molecule has 0 bridgehead atoms. The highest BCUT2D eigenvalue weighted by atomic mass is 79.9. The first kappa shape index (κ1) is 15.0. The average Bonchev–Trinajstić information content (AvgIpc) is 2.28. The van der Waals surface area contributed by atoms with E-state index in [1.54, 1.807) is 7.11 Å². The fourth-order valence-electron chi connectivity index (χ4n) is 1.66. The van der Waals surface area contributed by atoms with Crippen molar-refractivity contribution in [2.45, 2.75) is 13.3 Å². The van der Waals surface area contributed by atoms with Crippen molar-refractivity contribution in [1.29, 1.82) is 0 Å². The van der Waals surface area contributed by atoms with Gasteiger partial charge in [-0.15, -0.1) is 0 Å². The Morgan fingerprint density at radius 1 is 1.47 bits per heavy atom. The monoisotopic (exact) mass is 319 g/mol. The zero-order chi connectivity index (χ0) is 12.7. The summed E-state index contributed by atoms with van der Waals surface area (Å²) in [5, 5.41) is 4.20. The summed E-state index contributed by atoms with van der Waals surface area (Å²) < 4.78 is 6.01. The van der Waals surface area contributed by atoms with E-state index in [2.05, 4.69) is 34.2 Å². The van der Waals surface area contributed by atoms with E-state index in [1.807, 2.05) is 12.1 Å². The van der Waals surface area contributed by atoms with Crippen LogP contribution in [-0.4, -0.2) is 26.8 Å². The number of hydrogen-bond acceptors (Lipinski definition) is 2. The van der Waals surface area contributed by atoms with Gasteiger partial charge in [0, 0.05) is 23.1 Å². The van der Waals surface area contributed by atoms with Crippen LogP contribution >= 0.6 is 27.5 Å². The molecule has 4 heteroatoms. The Balaban J connectivity index is 2.37. The molecule has 0 aliphatic rings. The molecule has 1 rings (SSSR count). The Morgan fingerprint density at radius 2 is 2.24 bits per heavy atom. The molecular weight excluding hydrogens is 302 g/mol. The van der Waals surface area contributed by atoms with E-state index >= 15 is 0 Å². The van der Waals surface area contributed by atoms with Gasteiger partial charge in [-0.3, -0.25) is 0 Å². The first-order valence-corrected chi connectivity index (χ1v) is 6.94. The highest BCUT2D eigenvalue weighted by Crippen LogP contribution is 2.23. The van der Waals surface area contributed by atoms with E-state index < -0.39 is 0 Å². The summed E-state index contributed by atoms with van der Waals surface area (Å²) in [7, 11) is 1.71. The molecule has 0 radical (unpaired) electrons. The van der Waals surface area contributed by atoms with Gasteiger partial charge in [-0.25, -0.2) is 0 Å². The molecule has 1 aromatic rings. The minimum absolute atomic E-state index is 0.561. The summed E-state index contributed by atoms with van der Waals surface area (Å²) >= 11 is 9.60. The molecule has 2 nitrogen and oxygen atoms in total. The molecule has 1 N–H and O–H groups in total. The highest BCUT2D eigenvalue weighted by Gasteiger charge is 2.07. The maximum absolute atomic E-state index is 6.19. The lowest BCUT2D eigenvalue weighted by Gasteiger charge is -2.13. The summed E-state index contributed by atoms with van der Waals surface area (Å²) in [6.45, 7) is 4.86. The van der Waals surface area contributed by atoms with Gasteiger partial charge in [0.25, 0.3) is 0 Å². The zero-order valence-electron chi connectivity index (χ0n) is 10.3. The molecule has 1 atom stereocenters. The summed E-state index contributed by atoms with van der Waals surface area (Å²) in [6, 6.07) is 6.06. The van der Waals surface area contributed by atoms with Crippen LogP contribution in [0.4, 0.5) is 0 Å². The lowest BCUT2D eigenvalue weighted by atomic mass is 10.0. The molecule has 17 heavy (non-hydrogen) atoms. The Morgan fingerprint density at radius 3 is 2.88 bits per heavy atom. The average molecular weight is 321 g/mol. The lowest BCUT2D eigenvalue weighted by molar-refractivity contribution is 0.198. The molecule has 0 amide bonds. The number of rotatable bonds is 7. The van der Waals surface area contributed by atoms with Crippen LogP contribution in [0.3, 0.4) is 0 Å². The Kier molecular flexibility index (Phi) is 7.12. The first-order valence-electron chi connectivity index (χ1n) is 5.77. The number of hydrogen-bond donors (Lipinski definition) is 1.